The van der Waals surface area contributed by atoms with E-state index in [0.29, 0.717) is 28.2 Å². The molecule has 26 heavy (non-hydrogen) atoms. The number of rotatable bonds is 2. The molecule has 4 rings (SSSR count). The van der Waals surface area contributed by atoms with Crippen LogP contribution in [-0.4, -0.2) is 14.0 Å². The number of pyridine rings is 2. The van der Waals surface area contributed by atoms with Crippen molar-refractivity contribution in [3.63, 3.8) is 0 Å². The van der Waals surface area contributed by atoms with Crippen molar-refractivity contribution in [1.82, 2.24) is 14.0 Å². The zero-order chi connectivity index (χ0) is 18.3. The number of halogens is 1. The van der Waals surface area contributed by atoms with Crippen LogP contribution in [0, 0.1) is 16.7 Å². The molecule has 0 radical (unpaired) electrons. The van der Waals surface area contributed by atoms with Crippen molar-refractivity contribution in [2.24, 2.45) is 0 Å². The highest BCUT2D eigenvalue weighted by Gasteiger charge is 2.13. The highest BCUT2D eigenvalue weighted by Crippen LogP contribution is 2.14. The number of nitriles is 1. The molecule has 1 aromatic carbocycles. The number of benzene rings is 1. The molecule has 6 nitrogen and oxygen atoms in total. The summed E-state index contributed by atoms with van der Waals surface area (Å²) in [5, 5.41) is 18.7. The van der Waals surface area contributed by atoms with Gasteiger partial charge in [0.05, 0.1) is 17.5 Å². The van der Waals surface area contributed by atoms with E-state index in [2.05, 4.69) is 4.98 Å². The van der Waals surface area contributed by atoms with Gasteiger partial charge >= 0.3 is 0 Å². The molecule has 0 aliphatic carbocycles. The van der Waals surface area contributed by atoms with E-state index in [9.17, 15) is 10.1 Å². The molecule has 4 aromatic rings. The standard InChI is InChI=1S/C19H12ClN5O/c20-14-6-4-12(5-7-14)11-25-17(22)13(10-21)9-15-18(25)23-16-3-1-2-8-24(16)19(15)26/h1-9,22H,11H2. The third-order valence-electron chi connectivity index (χ3n) is 4.19. The van der Waals surface area contributed by atoms with E-state index in [4.69, 9.17) is 17.0 Å². The molecule has 0 fully saturated rings. The molecular weight excluding hydrogens is 350 g/mol. The topological polar surface area (TPSA) is 86.9 Å². The second-order valence-electron chi connectivity index (χ2n) is 5.81. The van der Waals surface area contributed by atoms with Gasteiger partial charge in [-0.15, -0.1) is 0 Å². The van der Waals surface area contributed by atoms with Gasteiger partial charge in [-0.2, -0.15) is 5.26 Å². The Balaban J connectivity index is 2.08. The van der Waals surface area contributed by atoms with Crippen molar-refractivity contribution in [3.8, 4) is 6.07 Å². The van der Waals surface area contributed by atoms with E-state index in [1.807, 2.05) is 18.2 Å². The van der Waals surface area contributed by atoms with Crippen LogP contribution in [0.2, 0.25) is 5.02 Å². The minimum absolute atomic E-state index is 0.0159. The predicted molar refractivity (Wildman–Crippen MR) is 98.1 cm³/mol. The summed E-state index contributed by atoms with van der Waals surface area (Å²) in [7, 11) is 0. The van der Waals surface area contributed by atoms with E-state index >= 15 is 0 Å². The number of aromatic nitrogens is 3. The van der Waals surface area contributed by atoms with Crippen LogP contribution in [0.4, 0.5) is 0 Å². The lowest BCUT2D eigenvalue weighted by Crippen LogP contribution is -2.27. The number of hydrogen-bond acceptors (Lipinski definition) is 4. The molecule has 3 aromatic heterocycles. The lowest BCUT2D eigenvalue weighted by molar-refractivity contribution is 0.749. The zero-order valence-electron chi connectivity index (χ0n) is 13.5. The van der Waals surface area contributed by atoms with Crippen molar-refractivity contribution >= 4 is 28.3 Å². The van der Waals surface area contributed by atoms with Crippen molar-refractivity contribution in [2.75, 3.05) is 0 Å². The number of nitrogens with zero attached hydrogens (tertiary/aromatic N) is 4. The van der Waals surface area contributed by atoms with E-state index < -0.39 is 0 Å². The molecule has 0 saturated carbocycles. The molecule has 1 N–H and O–H groups in total. The summed E-state index contributed by atoms with van der Waals surface area (Å²) in [5.41, 5.74) is 1.62. The summed E-state index contributed by atoms with van der Waals surface area (Å²) < 4.78 is 3.01. The summed E-state index contributed by atoms with van der Waals surface area (Å²) in [6.07, 6.45) is 1.63. The normalized spacial score (nSPS) is 10.9. The first-order chi connectivity index (χ1) is 12.6. The van der Waals surface area contributed by atoms with Gasteiger partial charge in [-0.1, -0.05) is 29.8 Å². The SMILES string of the molecule is N#Cc1cc2c(=O)n3ccccc3nc2n(Cc2ccc(Cl)cc2)c1=N. The Labute approximate surface area is 152 Å². The molecule has 0 spiro atoms. The lowest BCUT2D eigenvalue weighted by atomic mass is 10.2. The Morgan fingerprint density at radius 2 is 1.96 bits per heavy atom. The summed E-state index contributed by atoms with van der Waals surface area (Å²) >= 11 is 5.93. The average Bonchev–Trinajstić information content (AvgIpc) is 2.66. The van der Waals surface area contributed by atoms with Gasteiger partial charge in [0.2, 0.25) is 0 Å². The largest absolute Gasteiger partial charge is 0.305 e. The lowest BCUT2D eigenvalue weighted by Gasteiger charge is -2.13. The van der Waals surface area contributed by atoms with Gasteiger partial charge in [0.25, 0.3) is 5.56 Å². The van der Waals surface area contributed by atoms with Crippen molar-refractivity contribution in [1.29, 1.82) is 10.7 Å². The second-order valence-corrected chi connectivity index (χ2v) is 6.25. The van der Waals surface area contributed by atoms with Crippen LogP contribution < -0.4 is 11.0 Å². The Kier molecular flexibility index (Phi) is 3.79. The molecule has 0 aliphatic heterocycles. The van der Waals surface area contributed by atoms with Gasteiger partial charge in [0.1, 0.15) is 22.9 Å². The molecule has 3 heterocycles. The molecule has 0 aliphatic rings. The fourth-order valence-corrected chi connectivity index (χ4v) is 3.02. The molecule has 0 atom stereocenters. The number of fused-ring (bicyclic) bond motifs is 2. The van der Waals surface area contributed by atoms with E-state index in [1.54, 1.807) is 41.1 Å². The third-order valence-corrected chi connectivity index (χ3v) is 4.44. The van der Waals surface area contributed by atoms with Crippen LogP contribution in [0.25, 0.3) is 16.7 Å². The van der Waals surface area contributed by atoms with Crippen molar-refractivity contribution < 1.29 is 0 Å². The Bertz CT molecular complexity index is 1310. The molecule has 0 saturated heterocycles. The predicted octanol–water partition coefficient (Wildman–Crippen LogP) is 2.70. The third kappa shape index (κ3) is 2.55. The molecule has 0 bridgehead atoms. The fraction of sp³-hybridized carbons (Fsp3) is 0.0526. The Morgan fingerprint density at radius 1 is 1.19 bits per heavy atom. The van der Waals surface area contributed by atoms with Gasteiger partial charge < -0.3 is 4.57 Å². The van der Waals surface area contributed by atoms with Crippen LogP contribution in [0.5, 0.6) is 0 Å². The van der Waals surface area contributed by atoms with E-state index in [1.165, 1.54) is 10.5 Å². The van der Waals surface area contributed by atoms with Crippen LogP contribution >= 0.6 is 11.6 Å². The first kappa shape index (κ1) is 16.1. The summed E-state index contributed by atoms with van der Waals surface area (Å²) in [4.78, 5) is 17.4. The van der Waals surface area contributed by atoms with Crippen molar-refractivity contribution in [3.05, 3.63) is 86.7 Å². The zero-order valence-corrected chi connectivity index (χ0v) is 14.2. The Hall–Kier alpha value is -3.43. The average molecular weight is 362 g/mol. The van der Waals surface area contributed by atoms with Crippen LogP contribution in [0.3, 0.4) is 0 Å². The molecular formula is C19H12ClN5O. The van der Waals surface area contributed by atoms with Gasteiger partial charge in [0, 0.05) is 11.2 Å². The highest BCUT2D eigenvalue weighted by molar-refractivity contribution is 6.30. The maximum absolute atomic E-state index is 12.8. The molecule has 0 unspecified atom stereocenters. The molecule has 126 valence electrons. The first-order valence-corrected chi connectivity index (χ1v) is 8.20. The minimum atomic E-state index is -0.271. The fourth-order valence-electron chi connectivity index (χ4n) is 2.90. The number of nitrogens with one attached hydrogen (secondary N) is 1. The van der Waals surface area contributed by atoms with Gasteiger partial charge in [0.15, 0.2) is 0 Å². The van der Waals surface area contributed by atoms with Crippen LogP contribution in [0.1, 0.15) is 11.1 Å². The van der Waals surface area contributed by atoms with E-state index in [-0.39, 0.29) is 16.6 Å². The summed E-state index contributed by atoms with van der Waals surface area (Å²) in [6, 6.07) is 15.9. The Morgan fingerprint density at radius 3 is 2.69 bits per heavy atom. The smallest absolute Gasteiger partial charge is 0.267 e. The van der Waals surface area contributed by atoms with Gasteiger partial charge in [-0.05, 0) is 35.9 Å². The first-order valence-electron chi connectivity index (χ1n) is 7.82. The second kappa shape index (κ2) is 6.14. The quantitative estimate of drug-likeness (QED) is 0.557. The monoisotopic (exact) mass is 361 g/mol. The maximum atomic E-state index is 12.8. The molecule has 7 heteroatoms. The number of hydrogen-bond donors (Lipinski definition) is 1. The minimum Gasteiger partial charge on any atom is -0.305 e. The van der Waals surface area contributed by atoms with Gasteiger partial charge in [-0.25, -0.2) is 4.98 Å². The maximum Gasteiger partial charge on any atom is 0.267 e. The van der Waals surface area contributed by atoms with Crippen molar-refractivity contribution in [2.45, 2.75) is 6.54 Å². The van der Waals surface area contributed by atoms with Crippen LogP contribution in [-0.2, 0) is 6.54 Å². The van der Waals surface area contributed by atoms with Gasteiger partial charge in [-0.3, -0.25) is 14.6 Å². The summed E-state index contributed by atoms with van der Waals surface area (Å²) in [6.45, 7) is 0.303. The van der Waals surface area contributed by atoms with E-state index in [0.717, 1.165) is 5.56 Å². The molecule has 0 amide bonds. The highest BCUT2D eigenvalue weighted by atomic mass is 35.5. The summed E-state index contributed by atoms with van der Waals surface area (Å²) in [5.74, 6) is 0. The van der Waals surface area contributed by atoms with Crippen LogP contribution in [0.15, 0.2) is 59.5 Å².